The van der Waals surface area contributed by atoms with Crippen molar-refractivity contribution in [3.05, 3.63) is 74.3 Å². The largest absolute Gasteiger partial charge is 0.475 e. The van der Waals surface area contributed by atoms with Crippen LogP contribution in [0.1, 0.15) is 311 Å². The number of nitrogens with one attached hydrogen (secondary N) is 2. The van der Waals surface area contributed by atoms with Gasteiger partial charge >= 0.3 is 7.82 Å². The molecule has 0 aliphatic carbocycles. The van der Waals surface area contributed by atoms with Gasteiger partial charge in [-0.15, -0.1) is 13.2 Å². The quantitative estimate of drug-likeness (QED) is 0.0223. The van der Waals surface area contributed by atoms with Crippen LogP contribution in [0.15, 0.2) is 74.3 Å². The molecule has 608 valence electrons. The number of carbonyl (C=O) groups is 2. The highest BCUT2D eigenvalue weighted by molar-refractivity contribution is 7.48. The molecule has 2 amide bonds. The van der Waals surface area contributed by atoms with Crippen LogP contribution in [0.4, 0.5) is 0 Å². The van der Waals surface area contributed by atoms with Crippen LogP contribution in [0.25, 0.3) is 0 Å². The SMILES string of the molecule is C/C=C\O[C@H]1O[C@H](COC)[C@@H](O)[C@H](OCC[C@@H](CCCCCCC)OC)[C@H]1NC(=O)CCCCCCCCC/C=C\CCCCCC.C=CCOP(=O)(OCC=C)O[C@H]1[C@H](OCC[C@@H](CCCCCCC)OC)[C@@H](NC(=O)CCCCCCCCC/C=C\CCCCCC)[C@@H](O/C=C\C)O[C@@H]1COC. The van der Waals surface area contributed by atoms with Crippen molar-refractivity contribution in [1.29, 1.82) is 0 Å². The van der Waals surface area contributed by atoms with Crippen LogP contribution in [0, 0.1) is 0 Å². The third kappa shape index (κ3) is 49.7. The maximum Gasteiger partial charge on any atom is 0.475 e. The van der Waals surface area contributed by atoms with Gasteiger partial charge in [-0.3, -0.25) is 23.2 Å². The molecule has 0 spiro atoms. The topological polar surface area (TPSA) is 215 Å². The summed E-state index contributed by atoms with van der Waals surface area (Å²) in [4.78, 5) is 26.7. The number of carbonyl (C=O) groups excluding carboxylic acids is 2. The molecule has 2 rings (SSSR count). The second kappa shape index (κ2) is 70.1. The van der Waals surface area contributed by atoms with E-state index < -0.39 is 69.1 Å². The Kier molecular flexibility index (Phi) is 66.6. The molecule has 19 nitrogen and oxygen atoms in total. The number of phosphoric acid groups is 1. The second-order valence-corrected chi connectivity index (χ2v) is 29.7. The van der Waals surface area contributed by atoms with E-state index in [1.54, 1.807) is 39.7 Å². The minimum absolute atomic E-state index is 0.0105. The van der Waals surface area contributed by atoms with Crippen molar-refractivity contribution in [1.82, 2.24) is 10.6 Å². The molecule has 0 unspecified atom stereocenters. The molecule has 12 atom stereocenters. The van der Waals surface area contributed by atoms with Crippen LogP contribution < -0.4 is 10.6 Å². The fourth-order valence-electron chi connectivity index (χ4n) is 12.9. The number of rotatable bonds is 70. The number of phosphoric ester groups is 1. The summed E-state index contributed by atoms with van der Waals surface area (Å²) in [6.45, 7) is 20.7. The maximum atomic E-state index is 14.0. The molecule has 3 N–H and O–H groups in total. The van der Waals surface area contributed by atoms with Gasteiger partial charge in [-0.25, -0.2) is 4.57 Å². The minimum atomic E-state index is -4.20. The van der Waals surface area contributed by atoms with Crippen molar-refractivity contribution in [2.45, 2.75) is 385 Å². The third-order valence-corrected chi connectivity index (χ3v) is 20.5. The Morgan fingerprint density at radius 3 is 1.19 bits per heavy atom. The Morgan fingerprint density at radius 2 is 0.808 bits per heavy atom. The maximum absolute atomic E-state index is 14.0. The lowest BCUT2D eigenvalue weighted by atomic mass is 9.96. The van der Waals surface area contributed by atoms with E-state index in [-0.39, 0.29) is 57.1 Å². The molecule has 0 aromatic rings. The van der Waals surface area contributed by atoms with Gasteiger partial charge in [-0.05, 0) is 104 Å². The van der Waals surface area contributed by atoms with Crippen molar-refractivity contribution in [3.8, 4) is 0 Å². The summed E-state index contributed by atoms with van der Waals surface area (Å²) in [6.07, 6.45) is 59.0. The molecule has 0 bridgehead atoms. The number of methoxy groups -OCH3 is 4. The molecule has 0 radical (unpaired) electrons. The molecule has 20 heteroatoms. The van der Waals surface area contributed by atoms with Crippen LogP contribution in [0.3, 0.4) is 0 Å². The van der Waals surface area contributed by atoms with E-state index in [2.05, 4.69) is 75.8 Å². The fraction of sp³-hybridized carbons (Fsp3) is 0.833. The minimum Gasteiger partial charge on any atom is -0.471 e. The Hall–Kier alpha value is -3.27. The normalized spacial score (nSPS) is 21.4. The average molecular weight is 1500 g/mol. The first-order valence-electron chi connectivity index (χ1n) is 41.3. The number of aliphatic hydroxyl groups is 1. The first-order valence-corrected chi connectivity index (χ1v) is 42.8. The van der Waals surface area contributed by atoms with Crippen molar-refractivity contribution in [3.63, 3.8) is 0 Å². The van der Waals surface area contributed by atoms with Gasteiger partial charge in [0, 0.05) is 54.5 Å². The molecule has 0 aromatic carbocycles. The Bertz CT molecular complexity index is 2160. The van der Waals surface area contributed by atoms with Gasteiger partial charge in [0.15, 0.2) is 0 Å². The van der Waals surface area contributed by atoms with Crippen LogP contribution in [0.5, 0.6) is 0 Å². The highest BCUT2D eigenvalue weighted by atomic mass is 31.2. The summed E-state index contributed by atoms with van der Waals surface area (Å²) in [5.74, 6) is -0.241. The van der Waals surface area contributed by atoms with Gasteiger partial charge in [0.25, 0.3) is 0 Å². The zero-order valence-electron chi connectivity index (χ0n) is 67.5. The van der Waals surface area contributed by atoms with Crippen LogP contribution in [-0.2, 0) is 75.1 Å². The smallest absolute Gasteiger partial charge is 0.471 e. The summed E-state index contributed by atoms with van der Waals surface area (Å²) in [5.41, 5.74) is 0. The summed E-state index contributed by atoms with van der Waals surface area (Å²) in [6, 6.07) is -1.50. The summed E-state index contributed by atoms with van der Waals surface area (Å²) >= 11 is 0. The van der Waals surface area contributed by atoms with Gasteiger partial charge in [-0.1, -0.05) is 243 Å². The first kappa shape index (κ1) is 98.7. The zero-order chi connectivity index (χ0) is 76.2. The van der Waals surface area contributed by atoms with Crippen LogP contribution in [-0.4, -0.2) is 158 Å². The van der Waals surface area contributed by atoms with E-state index in [0.29, 0.717) is 32.3 Å². The fourth-order valence-corrected chi connectivity index (χ4v) is 14.3. The lowest BCUT2D eigenvalue weighted by Gasteiger charge is -2.46. The van der Waals surface area contributed by atoms with E-state index in [1.807, 2.05) is 13.8 Å². The molecule has 2 aliphatic heterocycles. The summed E-state index contributed by atoms with van der Waals surface area (Å²) in [5, 5.41) is 17.5. The molecule has 2 heterocycles. The number of hydrogen-bond acceptors (Lipinski definition) is 17. The number of hydrogen-bond donors (Lipinski definition) is 3. The number of ether oxygens (including phenoxy) is 10. The highest BCUT2D eigenvalue weighted by Crippen LogP contribution is 2.52. The van der Waals surface area contributed by atoms with Crippen molar-refractivity contribution < 1.29 is 80.2 Å². The van der Waals surface area contributed by atoms with E-state index in [1.165, 1.54) is 186 Å². The van der Waals surface area contributed by atoms with Crippen LogP contribution in [0.2, 0.25) is 0 Å². The van der Waals surface area contributed by atoms with Gasteiger partial charge in [0.05, 0.1) is 51.2 Å². The number of unbranched alkanes of at least 4 members (excludes halogenated alkanes) is 30. The molecule has 2 saturated heterocycles. The molecular formula is C84H155N2O17P. The van der Waals surface area contributed by atoms with E-state index in [0.717, 1.165) is 83.5 Å². The van der Waals surface area contributed by atoms with E-state index in [9.17, 15) is 19.3 Å². The zero-order valence-corrected chi connectivity index (χ0v) is 68.4. The van der Waals surface area contributed by atoms with Crippen molar-refractivity contribution in [2.75, 3.05) is 68.1 Å². The molecular weight excluding hydrogens is 1340 g/mol. The first-order chi connectivity index (χ1) is 50.8. The monoisotopic (exact) mass is 1500 g/mol. The van der Waals surface area contributed by atoms with E-state index >= 15 is 0 Å². The third-order valence-electron chi connectivity index (χ3n) is 19.0. The van der Waals surface area contributed by atoms with Gasteiger partial charge in [0.1, 0.15) is 48.7 Å². The predicted octanol–water partition coefficient (Wildman–Crippen LogP) is 20.4. The number of allylic oxidation sites excluding steroid dienone is 6. The van der Waals surface area contributed by atoms with E-state index in [4.69, 9.17) is 60.9 Å². The van der Waals surface area contributed by atoms with Gasteiger partial charge < -0.3 is 63.1 Å². The van der Waals surface area contributed by atoms with Gasteiger partial charge in [-0.2, -0.15) is 0 Å². The van der Waals surface area contributed by atoms with Gasteiger partial charge in [0.2, 0.25) is 24.4 Å². The molecule has 2 fully saturated rings. The standard InChI is InChI=1S/C45H82NO10P.C39H73NO7/c1-8-13-15-17-18-19-20-21-22-23-24-25-26-28-30-32-41(47)46-42-44(51-37-33-39(50-7)31-29-27-16-14-9-2)43(40(38-49-6)55-45(42)52-34-10-3)56-57(48,53-35-11-4)54-36-12-5;1-6-9-11-13-14-15-16-17-18-19-20-21-22-24-26-28-35(41)40-36-38(37(42)34(32-43-4)47-39(36)46-30-8-3)45-31-29-33(44-5)27-25-23-12-10-7-2/h10-12,19-20,34,39-40,42-45H,4-5,8-9,13-18,21-33,35-38H2,1-3,6-7H3,(H,46,47);8,15-16,30,33-34,36-39,42H,6-7,9-14,17-29,31-32H2,1-5H3,(H,40,41)/b20-19-,34-10-;16-15-,30-8-/t39-,40-,42-,43-,44-,45+;33-,34-,36-,37-,38-,39+/m11/s1. The molecule has 104 heavy (non-hydrogen) atoms. The molecule has 2 aliphatic rings. The highest BCUT2D eigenvalue weighted by Gasteiger charge is 2.52. The van der Waals surface area contributed by atoms with Crippen molar-refractivity contribution >= 4 is 19.6 Å². The molecule has 0 aromatic heterocycles. The number of aliphatic hydroxyl groups excluding tert-OH is 1. The van der Waals surface area contributed by atoms with Crippen molar-refractivity contribution in [2.24, 2.45) is 0 Å². The van der Waals surface area contributed by atoms with Crippen LogP contribution >= 0.6 is 7.82 Å². The number of amides is 2. The summed E-state index contributed by atoms with van der Waals surface area (Å²) in [7, 11) is 2.36. The Balaban J connectivity index is 0.00000106. The average Bonchev–Trinajstić information content (AvgIpc) is 0.789. The predicted molar refractivity (Wildman–Crippen MR) is 423 cm³/mol. The second-order valence-electron chi connectivity index (χ2n) is 28.1. The lowest BCUT2D eigenvalue weighted by Crippen LogP contribution is -2.66. The Morgan fingerprint density at radius 1 is 0.462 bits per heavy atom. The Labute approximate surface area is 634 Å². The lowest BCUT2D eigenvalue weighted by molar-refractivity contribution is -0.265. The molecule has 0 saturated carbocycles. The summed E-state index contributed by atoms with van der Waals surface area (Å²) < 4.78 is 91.1.